The SMILES string of the molecule is CC1CCCC(C)C12NC(=O)N(Cc1cccc(Br)c1)C2=O. The molecule has 1 aromatic rings. The third kappa shape index (κ3) is 2.35. The molecule has 3 rings (SSSR count). The van der Waals surface area contributed by atoms with Gasteiger partial charge in [0.1, 0.15) is 5.54 Å². The van der Waals surface area contributed by atoms with Crippen LogP contribution in [-0.4, -0.2) is 22.4 Å². The highest BCUT2D eigenvalue weighted by atomic mass is 79.9. The van der Waals surface area contributed by atoms with Gasteiger partial charge < -0.3 is 5.32 Å². The summed E-state index contributed by atoms with van der Waals surface area (Å²) < 4.78 is 0.950. The van der Waals surface area contributed by atoms with E-state index in [0.717, 1.165) is 29.3 Å². The molecule has 4 nitrogen and oxygen atoms in total. The number of urea groups is 1. The Bertz CT molecular complexity index is 606. The van der Waals surface area contributed by atoms with Crippen LogP contribution in [-0.2, 0) is 11.3 Å². The maximum absolute atomic E-state index is 13.0. The monoisotopic (exact) mass is 364 g/mol. The Kier molecular flexibility index (Phi) is 4.02. The molecule has 2 fully saturated rings. The largest absolute Gasteiger partial charge is 0.325 e. The summed E-state index contributed by atoms with van der Waals surface area (Å²) in [5, 5.41) is 3.03. The van der Waals surface area contributed by atoms with Crippen molar-refractivity contribution in [2.24, 2.45) is 11.8 Å². The lowest BCUT2D eigenvalue weighted by molar-refractivity contribution is -0.136. The van der Waals surface area contributed by atoms with Gasteiger partial charge in [0.25, 0.3) is 5.91 Å². The highest BCUT2D eigenvalue weighted by Crippen LogP contribution is 2.42. The first-order valence-corrected chi connectivity index (χ1v) is 8.63. The van der Waals surface area contributed by atoms with E-state index in [1.54, 1.807) is 0 Å². The van der Waals surface area contributed by atoms with E-state index in [2.05, 4.69) is 35.1 Å². The summed E-state index contributed by atoms with van der Waals surface area (Å²) in [5.41, 5.74) is 0.243. The number of rotatable bonds is 2. The molecule has 1 spiro atoms. The average Bonchev–Trinajstić information content (AvgIpc) is 2.71. The lowest BCUT2D eigenvalue weighted by Crippen LogP contribution is -2.58. The number of nitrogens with one attached hydrogen (secondary N) is 1. The van der Waals surface area contributed by atoms with E-state index < -0.39 is 5.54 Å². The summed E-state index contributed by atoms with van der Waals surface area (Å²) in [7, 11) is 0. The van der Waals surface area contributed by atoms with Gasteiger partial charge in [0, 0.05) is 4.47 Å². The zero-order chi connectivity index (χ0) is 15.9. The van der Waals surface area contributed by atoms with E-state index in [-0.39, 0.29) is 23.8 Å². The van der Waals surface area contributed by atoms with Crippen LogP contribution in [0.5, 0.6) is 0 Å². The Morgan fingerprint density at radius 1 is 1.27 bits per heavy atom. The van der Waals surface area contributed by atoms with Crippen LogP contribution < -0.4 is 5.32 Å². The van der Waals surface area contributed by atoms with Crippen LogP contribution in [0.2, 0.25) is 0 Å². The standard InChI is InChI=1S/C17H21BrN2O2/c1-11-5-3-6-12(2)17(11)15(21)20(16(22)19-17)10-13-7-4-8-14(18)9-13/h4,7-9,11-12H,3,5-6,10H2,1-2H3,(H,19,22). The van der Waals surface area contributed by atoms with Gasteiger partial charge >= 0.3 is 6.03 Å². The number of nitrogens with zero attached hydrogens (tertiary/aromatic N) is 1. The molecule has 1 saturated heterocycles. The molecule has 2 unspecified atom stereocenters. The van der Waals surface area contributed by atoms with E-state index >= 15 is 0 Å². The first-order chi connectivity index (χ1) is 10.4. The maximum atomic E-state index is 13.0. The second-order valence-electron chi connectivity index (χ2n) is 6.55. The fourth-order valence-electron chi connectivity index (χ4n) is 3.91. The van der Waals surface area contributed by atoms with Crippen molar-refractivity contribution in [2.75, 3.05) is 0 Å². The fourth-order valence-corrected chi connectivity index (χ4v) is 4.36. The predicted molar refractivity (Wildman–Crippen MR) is 88.1 cm³/mol. The number of carbonyl (C=O) groups excluding carboxylic acids is 2. The minimum atomic E-state index is -0.707. The summed E-state index contributed by atoms with van der Waals surface area (Å²) in [6.45, 7) is 4.48. The third-order valence-corrected chi connectivity index (χ3v) is 5.71. The van der Waals surface area contributed by atoms with Crippen molar-refractivity contribution in [3.63, 3.8) is 0 Å². The van der Waals surface area contributed by atoms with Gasteiger partial charge in [0.05, 0.1) is 6.54 Å². The Morgan fingerprint density at radius 2 is 1.95 bits per heavy atom. The van der Waals surface area contributed by atoms with Gasteiger partial charge in [-0.3, -0.25) is 9.69 Å². The molecule has 1 N–H and O–H groups in total. The van der Waals surface area contributed by atoms with Crippen LogP contribution in [0.25, 0.3) is 0 Å². The maximum Gasteiger partial charge on any atom is 0.325 e. The van der Waals surface area contributed by atoms with E-state index in [9.17, 15) is 9.59 Å². The van der Waals surface area contributed by atoms with Crippen molar-refractivity contribution in [3.8, 4) is 0 Å². The minimum absolute atomic E-state index is 0.0582. The number of amides is 3. The van der Waals surface area contributed by atoms with Gasteiger partial charge in [0.15, 0.2) is 0 Å². The summed E-state index contributed by atoms with van der Waals surface area (Å²) in [6.07, 6.45) is 3.10. The molecule has 0 radical (unpaired) electrons. The summed E-state index contributed by atoms with van der Waals surface area (Å²) >= 11 is 3.43. The number of benzene rings is 1. The van der Waals surface area contributed by atoms with E-state index in [1.165, 1.54) is 4.90 Å². The Balaban J connectivity index is 1.88. The zero-order valence-electron chi connectivity index (χ0n) is 12.9. The summed E-state index contributed by atoms with van der Waals surface area (Å²) in [4.78, 5) is 26.8. The van der Waals surface area contributed by atoms with E-state index in [0.29, 0.717) is 6.54 Å². The molecular weight excluding hydrogens is 344 g/mol. The molecule has 1 aliphatic carbocycles. The molecule has 118 valence electrons. The van der Waals surface area contributed by atoms with E-state index in [1.807, 2.05) is 24.3 Å². The fraction of sp³-hybridized carbons (Fsp3) is 0.529. The predicted octanol–water partition coefficient (Wildman–Crippen LogP) is 3.70. The van der Waals surface area contributed by atoms with Crippen molar-refractivity contribution in [3.05, 3.63) is 34.3 Å². The van der Waals surface area contributed by atoms with Crippen molar-refractivity contribution < 1.29 is 9.59 Å². The number of halogens is 1. The Morgan fingerprint density at radius 3 is 2.59 bits per heavy atom. The third-order valence-electron chi connectivity index (χ3n) is 5.22. The average molecular weight is 365 g/mol. The molecule has 1 aromatic carbocycles. The summed E-state index contributed by atoms with van der Waals surface area (Å²) in [5.74, 6) is 0.303. The van der Waals surface area contributed by atoms with Crippen LogP contribution in [0.3, 0.4) is 0 Å². The van der Waals surface area contributed by atoms with Crippen LogP contribution >= 0.6 is 15.9 Å². The topological polar surface area (TPSA) is 49.4 Å². The lowest BCUT2D eigenvalue weighted by atomic mass is 9.67. The molecule has 1 aliphatic heterocycles. The van der Waals surface area contributed by atoms with Crippen molar-refractivity contribution >= 4 is 27.9 Å². The molecule has 1 heterocycles. The smallest absolute Gasteiger partial charge is 0.323 e. The molecule has 0 bridgehead atoms. The van der Waals surface area contributed by atoms with Crippen LogP contribution in [0, 0.1) is 11.8 Å². The van der Waals surface area contributed by atoms with Crippen LogP contribution in [0.1, 0.15) is 38.7 Å². The lowest BCUT2D eigenvalue weighted by Gasteiger charge is -2.42. The molecule has 0 aromatic heterocycles. The van der Waals surface area contributed by atoms with Crippen LogP contribution in [0.15, 0.2) is 28.7 Å². The zero-order valence-corrected chi connectivity index (χ0v) is 14.5. The first kappa shape index (κ1) is 15.5. The molecule has 22 heavy (non-hydrogen) atoms. The minimum Gasteiger partial charge on any atom is -0.323 e. The summed E-state index contributed by atoms with van der Waals surface area (Å²) in [6, 6.07) is 7.47. The molecule has 3 amide bonds. The molecule has 5 heteroatoms. The Labute approximate surface area is 139 Å². The molecule has 2 atom stereocenters. The van der Waals surface area contributed by atoms with Gasteiger partial charge in [-0.1, -0.05) is 48.3 Å². The molecule has 1 saturated carbocycles. The second-order valence-corrected chi connectivity index (χ2v) is 7.47. The van der Waals surface area contributed by atoms with Crippen LogP contribution in [0.4, 0.5) is 4.79 Å². The van der Waals surface area contributed by atoms with Gasteiger partial charge in [-0.2, -0.15) is 0 Å². The van der Waals surface area contributed by atoms with Gasteiger partial charge in [-0.15, -0.1) is 0 Å². The number of carbonyl (C=O) groups is 2. The first-order valence-electron chi connectivity index (χ1n) is 7.83. The Hall–Kier alpha value is -1.36. The number of hydrogen-bond acceptors (Lipinski definition) is 2. The number of hydrogen-bond donors (Lipinski definition) is 1. The van der Waals surface area contributed by atoms with E-state index in [4.69, 9.17) is 0 Å². The van der Waals surface area contributed by atoms with Gasteiger partial charge in [0.2, 0.25) is 0 Å². The van der Waals surface area contributed by atoms with Crippen molar-refractivity contribution in [2.45, 2.75) is 45.2 Å². The highest BCUT2D eigenvalue weighted by molar-refractivity contribution is 9.10. The highest BCUT2D eigenvalue weighted by Gasteiger charge is 2.58. The van der Waals surface area contributed by atoms with Crippen molar-refractivity contribution in [1.29, 1.82) is 0 Å². The second kappa shape index (κ2) is 5.69. The molecule has 2 aliphatic rings. The van der Waals surface area contributed by atoms with Gasteiger partial charge in [-0.05, 0) is 42.4 Å². The normalized spacial score (nSPS) is 31.7. The number of imide groups is 1. The quantitative estimate of drug-likeness (QED) is 0.813. The molecular formula is C17H21BrN2O2. The van der Waals surface area contributed by atoms with Crippen molar-refractivity contribution in [1.82, 2.24) is 10.2 Å². The van der Waals surface area contributed by atoms with Gasteiger partial charge in [-0.25, -0.2) is 4.79 Å².